The van der Waals surface area contributed by atoms with Crippen LogP contribution in [-0.4, -0.2) is 11.3 Å². The van der Waals surface area contributed by atoms with Gasteiger partial charge in [-0.1, -0.05) is 34.5 Å². The number of hydrogen-bond acceptors (Lipinski definition) is 2. The van der Waals surface area contributed by atoms with Crippen LogP contribution in [0, 0.1) is 0 Å². The van der Waals surface area contributed by atoms with E-state index in [1.807, 2.05) is 17.8 Å². The van der Waals surface area contributed by atoms with Gasteiger partial charge in [0.05, 0.1) is 0 Å². The van der Waals surface area contributed by atoms with Gasteiger partial charge in [-0.2, -0.15) is 0 Å². The maximum atomic E-state index is 6.37. The average molecular weight is 349 g/mol. The summed E-state index contributed by atoms with van der Waals surface area (Å²) >= 11 is 11.9. The lowest BCUT2D eigenvalue weighted by molar-refractivity contribution is 0.439. The summed E-state index contributed by atoms with van der Waals surface area (Å²) in [6, 6.07) is 4.58. The van der Waals surface area contributed by atoms with Crippen LogP contribution < -0.4 is 5.32 Å². The zero-order valence-corrected chi connectivity index (χ0v) is 14.2. The SMILES string of the molecule is CCCNC1c2cc(Br)cc(Cl)c2CSC1(C)C. The van der Waals surface area contributed by atoms with E-state index in [0.29, 0.717) is 6.04 Å². The summed E-state index contributed by atoms with van der Waals surface area (Å²) in [5.41, 5.74) is 2.64. The molecule has 4 heteroatoms. The van der Waals surface area contributed by atoms with Crippen LogP contribution in [0.4, 0.5) is 0 Å². The Bertz CT molecular complexity index is 448. The van der Waals surface area contributed by atoms with Crippen molar-refractivity contribution in [3.8, 4) is 0 Å². The van der Waals surface area contributed by atoms with Crippen LogP contribution in [0.5, 0.6) is 0 Å². The van der Waals surface area contributed by atoms with Gasteiger partial charge >= 0.3 is 0 Å². The molecule has 0 radical (unpaired) electrons. The first-order valence-corrected chi connectivity index (χ1v) is 8.46. The van der Waals surface area contributed by atoms with Gasteiger partial charge in [0, 0.05) is 26.0 Å². The molecule has 0 spiro atoms. The molecule has 1 heterocycles. The zero-order chi connectivity index (χ0) is 13.3. The Labute approximate surface area is 127 Å². The Morgan fingerprint density at radius 1 is 1.50 bits per heavy atom. The van der Waals surface area contributed by atoms with Crippen molar-refractivity contribution in [1.29, 1.82) is 0 Å². The summed E-state index contributed by atoms with van der Waals surface area (Å²) in [6.45, 7) is 7.86. The van der Waals surface area contributed by atoms with Gasteiger partial charge in [-0.3, -0.25) is 0 Å². The largest absolute Gasteiger partial charge is 0.309 e. The van der Waals surface area contributed by atoms with Crippen LogP contribution >= 0.6 is 39.3 Å². The first-order chi connectivity index (χ1) is 8.45. The molecule has 1 unspecified atom stereocenters. The van der Waals surface area contributed by atoms with E-state index in [1.165, 1.54) is 11.1 Å². The monoisotopic (exact) mass is 347 g/mol. The quantitative estimate of drug-likeness (QED) is 0.809. The molecule has 2 rings (SSSR count). The summed E-state index contributed by atoms with van der Waals surface area (Å²) in [4.78, 5) is 0. The topological polar surface area (TPSA) is 12.0 Å². The smallest absolute Gasteiger partial charge is 0.0467 e. The highest BCUT2D eigenvalue weighted by Gasteiger charge is 2.37. The van der Waals surface area contributed by atoms with Crippen LogP contribution in [0.15, 0.2) is 16.6 Å². The maximum Gasteiger partial charge on any atom is 0.0467 e. The summed E-state index contributed by atoms with van der Waals surface area (Å²) in [5, 5.41) is 4.55. The minimum Gasteiger partial charge on any atom is -0.309 e. The number of benzene rings is 1. The van der Waals surface area contributed by atoms with E-state index < -0.39 is 0 Å². The first kappa shape index (κ1) is 14.7. The van der Waals surface area contributed by atoms with E-state index in [4.69, 9.17) is 11.6 Å². The third-order valence-electron chi connectivity index (χ3n) is 3.39. The summed E-state index contributed by atoms with van der Waals surface area (Å²) in [6.07, 6.45) is 1.15. The molecule has 1 aliphatic rings. The fourth-order valence-electron chi connectivity index (χ4n) is 2.39. The molecule has 1 N–H and O–H groups in total. The summed E-state index contributed by atoms with van der Waals surface area (Å²) in [7, 11) is 0. The van der Waals surface area contributed by atoms with Crippen LogP contribution in [0.25, 0.3) is 0 Å². The van der Waals surface area contributed by atoms with E-state index in [-0.39, 0.29) is 4.75 Å². The number of hydrogen-bond donors (Lipinski definition) is 1. The molecule has 0 aromatic heterocycles. The van der Waals surface area contributed by atoms with Gasteiger partial charge in [-0.15, -0.1) is 11.8 Å². The molecule has 0 bridgehead atoms. The van der Waals surface area contributed by atoms with Gasteiger partial charge in [0.2, 0.25) is 0 Å². The third kappa shape index (κ3) is 2.90. The fraction of sp³-hybridized carbons (Fsp3) is 0.571. The Morgan fingerprint density at radius 3 is 2.89 bits per heavy atom. The number of fused-ring (bicyclic) bond motifs is 1. The van der Waals surface area contributed by atoms with Crippen LogP contribution in [0.1, 0.15) is 44.4 Å². The Morgan fingerprint density at radius 2 is 2.22 bits per heavy atom. The molecule has 18 heavy (non-hydrogen) atoms. The molecule has 1 atom stereocenters. The van der Waals surface area contributed by atoms with Crippen molar-refractivity contribution in [2.24, 2.45) is 0 Å². The lowest BCUT2D eigenvalue weighted by atomic mass is 9.91. The predicted octanol–water partition coefficient (Wildman–Crippen LogP) is 5.17. The van der Waals surface area contributed by atoms with Crippen molar-refractivity contribution < 1.29 is 0 Å². The molecule has 1 nitrogen and oxygen atoms in total. The molecule has 0 aliphatic carbocycles. The second-order valence-electron chi connectivity index (χ2n) is 5.23. The highest BCUT2D eigenvalue weighted by atomic mass is 79.9. The van der Waals surface area contributed by atoms with Crippen molar-refractivity contribution in [1.82, 2.24) is 5.32 Å². The van der Waals surface area contributed by atoms with E-state index in [2.05, 4.69) is 48.1 Å². The van der Waals surface area contributed by atoms with E-state index in [9.17, 15) is 0 Å². The van der Waals surface area contributed by atoms with Crippen LogP contribution in [0.3, 0.4) is 0 Å². The highest BCUT2D eigenvalue weighted by Crippen LogP contribution is 2.48. The molecule has 0 saturated heterocycles. The second-order valence-corrected chi connectivity index (χ2v) is 8.19. The van der Waals surface area contributed by atoms with Crippen LogP contribution in [0.2, 0.25) is 5.02 Å². The third-order valence-corrected chi connectivity index (χ3v) is 5.60. The lowest BCUT2D eigenvalue weighted by Crippen LogP contribution is -2.40. The van der Waals surface area contributed by atoms with Gasteiger partial charge in [-0.25, -0.2) is 0 Å². The molecule has 0 saturated carbocycles. The van der Waals surface area contributed by atoms with Crippen molar-refractivity contribution in [3.63, 3.8) is 0 Å². The van der Waals surface area contributed by atoms with E-state index in [1.54, 1.807) is 0 Å². The van der Waals surface area contributed by atoms with Gasteiger partial charge in [0.15, 0.2) is 0 Å². The Balaban J connectivity index is 2.43. The Kier molecular flexibility index (Phi) is 4.69. The average Bonchev–Trinajstić information content (AvgIpc) is 2.26. The molecular weight excluding hydrogens is 330 g/mol. The molecule has 0 amide bonds. The molecular formula is C14H19BrClNS. The first-order valence-electron chi connectivity index (χ1n) is 6.31. The maximum absolute atomic E-state index is 6.37. The number of thioether (sulfide) groups is 1. The number of halogens is 2. The molecule has 0 fully saturated rings. The van der Waals surface area contributed by atoms with E-state index >= 15 is 0 Å². The van der Waals surface area contributed by atoms with E-state index in [0.717, 1.165) is 28.2 Å². The zero-order valence-electron chi connectivity index (χ0n) is 11.0. The van der Waals surface area contributed by atoms with Gasteiger partial charge in [0.1, 0.15) is 0 Å². The van der Waals surface area contributed by atoms with Crippen molar-refractivity contribution >= 4 is 39.3 Å². The molecule has 1 aliphatic heterocycles. The second kappa shape index (κ2) is 5.74. The lowest BCUT2D eigenvalue weighted by Gasteiger charge is -2.40. The van der Waals surface area contributed by atoms with Gasteiger partial charge in [0.25, 0.3) is 0 Å². The highest BCUT2D eigenvalue weighted by molar-refractivity contribution is 9.10. The minimum atomic E-state index is 0.201. The van der Waals surface area contributed by atoms with Crippen LogP contribution in [-0.2, 0) is 5.75 Å². The van der Waals surface area contributed by atoms with Crippen molar-refractivity contribution in [2.45, 2.75) is 43.7 Å². The molecule has 1 aromatic rings. The normalized spacial score (nSPS) is 21.7. The summed E-state index contributed by atoms with van der Waals surface area (Å²) in [5.74, 6) is 0.999. The van der Waals surface area contributed by atoms with Crippen molar-refractivity contribution in [2.75, 3.05) is 6.54 Å². The van der Waals surface area contributed by atoms with Gasteiger partial charge < -0.3 is 5.32 Å². The van der Waals surface area contributed by atoms with Crippen molar-refractivity contribution in [3.05, 3.63) is 32.8 Å². The fourth-order valence-corrected chi connectivity index (χ4v) is 4.59. The minimum absolute atomic E-state index is 0.201. The Hall–Kier alpha value is 0.300. The van der Waals surface area contributed by atoms with Gasteiger partial charge in [-0.05, 0) is 50.1 Å². The molecule has 1 aromatic carbocycles. The predicted molar refractivity (Wildman–Crippen MR) is 85.6 cm³/mol. The number of rotatable bonds is 3. The molecule has 100 valence electrons. The summed E-state index contributed by atoms with van der Waals surface area (Å²) < 4.78 is 1.27. The number of nitrogens with one attached hydrogen (secondary N) is 1. The standard InChI is InChI=1S/C14H19BrClNS/c1-4-5-17-13-10-6-9(15)7-12(16)11(10)8-18-14(13,2)3/h6-7,13,17H,4-5,8H2,1-3H3.